The van der Waals surface area contributed by atoms with Crippen LogP contribution in [0.3, 0.4) is 0 Å². The van der Waals surface area contributed by atoms with Crippen LogP contribution < -0.4 is 10.4 Å². The van der Waals surface area contributed by atoms with Crippen molar-refractivity contribution in [2.75, 3.05) is 0 Å². The standard InChI is InChI=1S/C25H34OSi/c1-5-18-27(22-12-8-6-9-13-22,23-14-10-7-11-15-23)26-25-19-21(4)16-17-24(25)20(2)3/h5-15,20-21,24-25H,1,16-19H2,2-4H3. The summed E-state index contributed by atoms with van der Waals surface area (Å²) in [6, 6.07) is 22.8. The second kappa shape index (κ2) is 9.03. The van der Waals surface area contributed by atoms with E-state index in [1.165, 1.54) is 29.6 Å². The highest BCUT2D eigenvalue weighted by Gasteiger charge is 2.43. The number of allylic oxidation sites excluding steroid dienone is 1. The Hall–Kier alpha value is -1.64. The number of hydrogen-bond acceptors (Lipinski definition) is 1. The molecule has 2 aromatic carbocycles. The van der Waals surface area contributed by atoms with Gasteiger partial charge in [-0.05, 0) is 47.0 Å². The number of benzene rings is 2. The highest BCUT2D eigenvalue weighted by Crippen LogP contribution is 2.37. The van der Waals surface area contributed by atoms with Gasteiger partial charge in [-0.15, -0.1) is 6.58 Å². The zero-order valence-electron chi connectivity index (χ0n) is 17.1. The minimum Gasteiger partial charge on any atom is -0.404 e. The van der Waals surface area contributed by atoms with Gasteiger partial charge in [0, 0.05) is 6.10 Å². The summed E-state index contributed by atoms with van der Waals surface area (Å²) in [5, 5.41) is 2.72. The van der Waals surface area contributed by atoms with Crippen LogP contribution in [-0.2, 0) is 4.43 Å². The van der Waals surface area contributed by atoms with Crippen LogP contribution in [0.1, 0.15) is 40.0 Å². The molecular weight excluding hydrogens is 344 g/mol. The average molecular weight is 379 g/mol. The van der Waals surface area contributed by atoms with Crippen LogP contribution in [0.2, 0.25) is 6.04 Å². The molecule has 0 aromatic heterocycles. The first kappa shape index (κ1) is 20.1. The zero-order chi connectivity index (χ0) is 19.3. The smallest absolute Gasteiger partial charge is 0.259 e. The van der Waals surface area contributed by atoms with Crippen molar-refractivity contribution in [1.82, 2.24) is 0 Å². The molecule has 3 rings (SSSR count). The van der Waals surface area contributed by atoms with Crippen molar-refractivity contribution < 1.29 is 4.43 Å². The van der Waals surface area contributed by atoms with E-state index in [-0.39, 0.29) is 0 Å². The van der Waals surface area contributed by atoms with Crippen LogP contribution in [0, 0.1) is 17.8 Å². The van der Waals surface area contributed by atoms with Crippen molar-refractivity contribution in [1.29, 1.82) is 0 Å². The van der Waals surface area contributed by atoms with E-state index in [4.69, 9.17) is 4.43 Å². The third-order valence-corrected chi connectivity index (χ3v) is 10.3. The summed E-state index contributed by atoms with van der Waals surface area (Å²) in [5.74, 6) is 2.04. The van der Waals surface area contributed by atoms with Crippen molar-refractivity contribution in [3.63, 3.8) is 0 Å². The summed E-state index contributed by atoms with van der Waals surface area (Å²) in [6.07, 6.45) is 6.19. The van der Waals surface area contributed by atoms with Gasteiger partial charge in [-0.1, -0.05) is 93.9 Å². The van der Waals surface area contributed by atoms with Gasteiger partial charge in [-0.2, -0.15) is 0 Å². The van der Waals surface area contributed by atoms with Crippen LogP contribution >= 0.6 is 0 Å². The molecule has 0 spiro atoms. The molecule has 0 heterocycles. The molecule has 3 unspecified atom stereocenters. The summed E-state index contributed by atoms with van der Waals surface area (Å²) in [7, 11) is -2.37. The second-order valence-electron chi connectivity index (χ2n) is 8.53. The molecule has 0 radical (unpaired) electrons. The third kappa shape index (κ3) is 4.44. The second-order valence-corrected chi connectivity index (χ2v) is 12.0. The molecule has 1 saturated carbocycles. The lowest BCUT2D eigenvalue weighted by molar-refractivity contribution is 0.0424. The minimum absolute atomic E-state index is 0.334. The normalized spacial score (nSPS) is 23.3. The maximum absolute atomic E-state index is 7.30. The van der Waals surface area contributed by atoms with E-state index in [0.29, 0.717) is 17.9 Å². The Bertz CT molecular complexity index is 670. The summed E-state index contributed by atoms with van der Waals surface area (Å²) in [6.45, 7) is 11.2. The van der Waals surface area contributed by atoms with E-state index in [2.05, 4.69) is 94.1 Å². The first-order valence-corrected chi connectivity index (χ1v) is 12.6. The van der Waals surface area contributed by atoms with Crippen molar-refractivity contribution in [3.05, 3.63) is 73.3 Å². The largest absolute Gasteiger partial charge is 0.404 e. The van der Waals surface area contributed by atoms with Crippen LogP contribution in [0.25, 0.3) is 0 Å². The fraction of sp³-hybridized carbons (Fsp3) is 0.440. The Morgan fingerprint density at radius 2 is 1.56 bits per heavy atom. The van der Waals surface area contributed by atoms with Gasteiger partial charge < -0.3 is 4.43 Å². The average Bonchev–Trinajstić information content (AvgIpc) is 2.69. The molecule has 1 aliphatic rings. The Morgan fingerprint density at radius 1 is 1.00 bits per heavy atom. The van der Waals surface area contributed by atoms with Gasteiger partial charge in [0.05, 0.1) is 0 Å². The topological polar surface area (TPSA) is 9.23 Å². The molecular formula is C25H34OSi. The van der Waals surface area contributed by atoms with Crippen LogP contribution in [-0.4, -0.2) is 14.4 Å². The highest BCUT2D eigenvalue weighted by atomic mass is 28.4. The Balaban J connectivity index is 2.07. The Labute approximate surface area is 166 Å². The molecule has 0 saturated heterocycles. The molecule has 2 aromatic rings. The van der Waals surface area contributed by atoms with E-state index in [1.807, 2.05) is 0 Å². The maximum Gasteiger partial charge on any atom is 0.259 e. The van der Waals surface area contributed by atoms with Crippen molar-refractivity contribution >= 4 is 18.7 Å². The van der Waals surface area contributed by atoms with Crippen LogP contribution in [0.15, 0.2) is 73.3 Å². The predicted octanol–water partition coefficient (Wildman–Crippen LogP) is 5.41. The predicted molar refractivity (Wildman–Crippen MR) is 119 cm³/mol. The van der Waals surface area contributed by atoms with Crippen molar-refractivity contribution in [3.8, 4) is 0 Å². The van der Waals surface area contributed by atoms with E-state index in [0.717, 1.165) is 12.0 Å². The van der Waals surface area contributed by atoms with E-state index < -0.39 is 8.32 Å². The Kier molecular flexibility index (Phi) is 6.72. The monoisotopic (exact) mass is 378 g/mol. The van der Waals surface area contributed by atoms with E-state index >= 15 is 0 Å². The first-order valence-electron chi connectivity index (χ1n) is 10.5. The van der Waals surface area contributed by atoms with Gasteiger partial charge in [-0.25, -0.2) is 0 Å². The molecule has 1 aliphatic carbocycles. The van der Waals surface area contributed by atoms with Crippen LogP contribution in [0.4, 0.5) is 0 Å². The zero-order valence-corrected chi connectivity index (χ0v) is 18.1. The lowest BCUT2D eigenvalue weighted by Crippen LogP contribution is -2.63. The van der Waals surface area contributed by atoms with Gasteiger partial charge >= 0.3 is 0 Å². The van der Waals surface area contributed by atoms with E-state index in [9.17, 15) is 0 Å². The molecule has 3 atom stereocenters. The number of rotatable bonds is 7. The van der Waals surface area contributed by atoms with Gasteiger partial charge in [0.15, 0.2) is 0 Å². The molecule has 0 aliphatic heterocycles. The molecule has 0 amide bonds. The molecule has 27 heavy (non-hydrogen) atoms. The summed E-state index contributed by atoms with van der Waals surface area (Å²) >= 11 is 0. The summed E-state index contributed by atoms with van der Waals surface area (Å²) in [4.78, 5) is 0. The Morgan fingerprint density at radius 3 is 2.04 bits per heavy atom. The highest BCUT2D eigenvalue weighted by molar-refractivity contribution is 6.97. The summed E-state index contributed by atoms with van der Waals surface area (Å²) < 4.78 is 7.30. The van der Waals surface area contributed by atoms with Crippen molar-refractivity contribution in [2.45, 2.75) is 52.2 Å². The van der Waals surface area contributed by atoms with Crippen molar-refractivity contribution in [2.24, 2.45) is 17.8 Å². The van der Waals surface area contributed by atoms with Crippen LogP contribution in [0.5, 0.6) is 0 Å². The molecule has 0 N–H and O–H groups in total. The first-order chi connectivity index (χ1) is 13.1. The van der Waals surface area contributed by atoms with Gasteiger partial charge in [0.25, 0.3) is 8.32 Å². The van der Waals surface area contributed by atoms with Gasteiger partial charge in [0.1, 0.15) is 0 Å². The maximum atomic E-state index is 7.30. The fourth-order valence-corrected chi connectivity index (χ4v) is 8.54. The molecule has 1 fully saturated rings. The summed E-state index contributed by atoms with van der Waals surface area (Å²) in [5.41, 5.74) is 0. The minimum atomic E-state index is -2.37. The van der Waals surface area contributed by atoms with Gasteiger partial charge in [0.2, 0.25) is 0 Å². The SMILES string of the molecule is C=CC[Si](OC1CC(C)CCC1C(C)C)(c1ccccc1)c1ccccc1. The van der Waals surface area contributed by atoms with Gasteiger partial charge in [-0.3, -0.25) is 0 Å². The van der Waals surface area contributed by atoms with E-state index in [1.54, 1.807) is 0 Å². The lowest BCUT2D eigenvalue weighted by Gasteiger charge is -2.43. The quantitative estimate of drug-likeness (QED) is 0.462. The molecule has 144 valence electrons. The fourth-order valence-electron chi connectivity index (χ4n) is 4.71. The number of hydrogen-bond donors (Lipinski definition) is 0. The molecule has 1 nitrogen and oxygen atoms in total. The molecule has 0 bridgehead atoms. The molecule has 2 heteroatoms. The third-order valence-electron chi connectivity index (χ3n) is 6.23. The lowest BCUT2D eigenvalue weighted by atomic mass is 9.75.